The van der Waals surface area contributed by atoms with Crippen LogP contribution in [0.25, 0.3) is 0 Å². The fourth-order valence-corrected chi connectivity index (χ4v) is 2.10. The van der Waals surface area contributed by atoms with E-state index in [-0.39, 0.29) is 11.8 Å². The molecule has 1 amide bonds. The van der Waals surface area contributed by atoms with Crippen molar-refractivity contribution in [2.45, 2.75) is 26.7 Å². The zero-order valence-corrected chi connectivity index (χ0v) is 11.7. The van der Waals surface area contributed by atoms with Crippen LogP contribution in [-0.4, -0.2) is 12.5 Å². The molecule has 3 nitrogen and oxygen atoms in total. The molecule has 0 aliphatic heterocycles. The number of hydrogen-bond acceptors (Lipinski definition) is 2. The Labute approximate surface area is 114 Å². The number of nitrogens with one attached hydrogen (secondary N) is 1. The van der Waals surface area contributed by atoms with Gasteiger partial charge in [0.15, 0.2) is 0 Å². The normalized spacial score (nSPS) is 12.5. The fraction of sp³-hybridized carbons (Fsp3) is 0.500. The molecule has 18 heavy (non-hydrogen) atoms. The Kier molecular flexibility index (Phi) is 6.16. The van der Waals surface area contributed by atoms with Crippen LogP contribution in [0.5, 0.6) is 0 Å². The molecule has 1 unspecified atom stereocenters. The maximum Gasteiger partial charge on any atom is 0.227 e. The molecule has 0 saturated carbocycles. The predicted molar refractivity (Wildman–Crippen MR) is 76.7 cm³/mol. The maximum atomic E-state index is 12.2. The minimum absolute atomic E-state index is 0.00692. The van der Waals surface area contributed by atoms with Crippen molar-refractivity contribution >= 4 is 23.2 Å². The molecule has 0 radical (unpaired) electrons. The number of amides is 1. The van der Waals surface area contributed by atoms with Gasteiger partial charge in [-0.3, -0.25) is 4.79 Å². The first-order chi connectivity index (χ1) is 8.54. The van der Waals surface area contributed by atoms with E-state index in [4.69, 9.17) is 17.3 Å². The first kappa shape index (κ1) is 15.0. The lowest BCUT2D eigenvalue weighted by molar-refractivity contribution is -0.121. The van der Waals surface area contributed by atoms with E-state index in [0.29, 0.717) is 17.5 Å². The van der Waals surface area contributed by atoms with Gasteiger partial charge in [-0.15, -0.1) is 0 Å². The van der Waals surface area contributed by atoms with Gasteiger partial charge in [-0.25, -0.2) is 0 Å². The summed E-state index contributed by atoms with van der Waals surface area (Å²) in [6.07, 6.45) is 1.69. The van der Waals surface area contributed by atoms with E-state index in [2.05, 4.69) is 19.2 Å². The second-order valence-electron chi connectivity index (χ2n) is 4.78. The summed E-state index contributed by atoms with van der Waals surface area (Å²) in [4.78, 5) is 12.2. The molecule has 1 aromatic rings. The molecule has 0 aromatic heterocycles. The van der Waals surface area contributed by atoms with Crippen molar-refractivity contribution < 1.29 is 4.79 Å². The summed E-state index contributed by atoms with van der Waals surface area (Å²) in [6.45, 7) is 4.73. The van der Waals surface area contributed by atoms with E-state index in [9.17, 15) is 4.79 Å². The van der Waals surface area contributed by atoms with Crippen molar-refractivity contribution in [3.63, 3.8) is 0 Å². The Balaban J connectivity index is 2.66. The second-order valence-corrected chi connectivity index (χ2v) is 5.22. The van der Waals surface area contributed by atoms with Gasteiger partial charge in [0.05, 0.1) is 0 Å². The lowest BCUT2D eigenvalue weighted by Crippen LogP contribution is -2.27. The highest BCUT2D eigenvalue weighted by atomic mass is 35.5. The summed E-state index contributed by atoms with van der Waals surface area (Å²) in [5.41, 5.74) is 6.24. The quantitative estimate of drug-likeness (QED) is 0.832. The summed E-state index contributed by atoms with van der Waals surface area (Å²) < 4.78 is 0. The molecule has 0 heterocycles. The zero-order valence-electron chi connectivity index (χ0n) is 10.9. The number of carbonyl (C=O) groups excluding carboxylic acids is 1. The Bertz CT molecular complexity index is 393. The van der Waals surface area contributed by atoms with Crippen molar-refractivity contribution in [2.75, 3.05) is 11.9 Å². The van der Waals surface area contributed by atoms with E-state index < -0.39 is 0 Å². The molecule has 100 valence electrons. The maximum absolute atomic E-state index is 12.2. The minimum Gasteiger partial charge on any atom is -0.330 e. The van der Waals surface area contributed by atoms with Gasteiger partial charge in [0.1, 0.15) is 0 Å². The summed E-state index contributed by atoms with van der Waals surface area (Å²) in [7, 11) is 0. The SMILES string of the molecule is CC(C)C(CCCN)C(=O)Nc1cccc(Cl)c1. The first-order valence-corrected chi connectivity index (χ1v) is 6.69. The number of benzene rings is 1. The van der Waals surface area contributed by atoms with Crippen LogP contribution in [0.1, 0.15) is 26.7 Å². The van der Waals surface area contributed by atoms with E-state index >= 15 is 0 Å². The summed E-state index contributed by atoms with van der Waals surface area (Å²) in [6, 6.07) is 7.19. The molecule has 0 bridgehead atoms. The number of rotatable bonds is 6. The number of nitrogens with two attached hydrogens (primary N) is 1. The zero-order chi connectivity index (χ0) is 13.5. The van der Waals surface area contributed by atoms with Gasteiger partial charge in [0, 0.05) is 16.6 Å². The molecule has 0 spiro atoms. The van der Waals surface area contributed by atoms with Crippen molar-refractivity contribution in [3.05, 3.63) is 29.3 Å². The Morgan fingerprint density at radius 1 is 1.44 bits per heavy atom. The van der Waals surface area contributed by atoms with Gasteiger partial charge >= 0.3 is 0 Å². The van der Waals surface area contributed by atoms with Gasteiger partial charge in [-0.1, -0.05) is 31.5 Å². The fourth-order valence-electron chi connectivity index (χ4n) is 1.91. The van der Waals surface area contributed by atoms with Gasteiger partial charge in [-0.2, -0.15) is 0 Å². The topological polar surface area (TPSA) is 55.1 Å². The van der Waals surface area contributed by atoms with E-state index in [1.54, 1.807) is 12.1 Å². The second kappa shape index (κ2) is 7.39. The summed E-state index contributed by atoms with van der Waals surface area (Å²) in [5, 5.41) is 3.53. The smallest absolute Gasteiger partial charge is 0.227 e. The van der Waals surface area contributed by atoms with Crippen molar-refractivity contribution in [1.82, 2.24) is 0 Å². The average molecular weight is 269 g/mol. The van der Waals surface area contributed by atoms with Gasteiger partial charge in [-0.05, 0) is 43.5 Å². The average Bonchev–Trinajstić information content (AvgIpc) is 2.29. The molecule has 1 rings (SSSR count). The van der Waals surface area contributed by atoms with E-state index in [0.717, 1.165) is 18.5 Å². The Morgan fingerprint density at radius 3 is 2.72 bits per heavy atom. The third-order valence-electron chi connectivity index (χ3n) is 2.95. The monoisotopic (exact) mass is 268 g/mol. The lowest BCUT2D eigenvalue weighted by atomic mass is 9.90. The molecule has 0 aliphatic carbocycles. The van der Waals surface area contributed by atoms with E-state index in [1.165, 1.54) is 0 Å². The van der Waals surface area contributed by atoms with Crippen molar-refractivity contribution in [3.8, 4) is 0 Å². The highest BCUT2D eigenvalue weighted by Gasteiger charge is 2.21. The van der Waals surface area contributed by atoms with Crippen LogP contribution < -0.4 is 11.1 Å². The van der Waals surface area contributed by atoms with Crippen LogP contribution in [-0.2, 0) is 4.79 Å². The third kappa shape index (κ3) is 4.67. The minimum atomic E-state index is -0.00692. The van der Waals surface area contributed by atoms with Crippen molar-refractivity contribution in [2.24, 2.45) is 17.6 Å². The third-order valence-corrected chi connectivity index (χ3v) is 3.19. The highest BCUT2D eigenvalue weighted by molar-refractivity contribution is 6.30. The predicted octanol–water partition coefficient (Wildman–Crippen LogP) is 3.29. The molecular formula is C14H21ClN2O. The van der Waals surface area contributed by atoms with E-state index in [1.807, 2.05) is 12.1 Å². The number of anilines is 1. The molecule has 0 aliphatic rings. The highest BCUT2D eigenvalue weighted by Crippen LogP contribution is 2.21. The van der Waals surface area contributed by atoms with Crippen LogP contribution in [0, 0.1) is 11.8 Å². The van der Waals surface area contributed by atoms with Crippen LogP contribution in [0.2, 0.25) is 5.02 Å². The molecule has 3 N–H and O–H groups in total. The number of carbonyl (C=O) groups is 1. The largest absolute Gasteiger partial charge is 0.330 e. The first-order valence-electron chi connectivity index (χ1n) is 6.31. The summed E-state index contributed by atoms with van der Waals surface area (Å²) in [5.74, 6) is 0.337. The Hall–Kier alpha value is -1.06. The molecular weight excluding hydrogens is 248 g/mol. The number of hydrogen-bond donors (Lipinski definition) is 2. The Morgan fingerprint density at radius 2 is 2.17 bits per heavy atom. The molecule has 1 atom stereocenters. The summed E-state index contributed by atoms with van der Waals surface area (Å²) >= 11 is 5.89. The lowest BCUT2D eigenvalue weighted by Gasteiger charge is -2.20. The molecule has 4 heteroatoms. The van der Waals surface area contributed by atoms with Gasteiger partial charge in [0.2, 0.25) is 5.91 Å². The standard InChI is InChI=1S/C14H21ClN2O/c1-10(2)13(7-4-8-16)14(18)17-12-6-3-5-11(15)9-12/h3,5-6,9-10,13H,4,7-8,16H2,1-2H3,(H,17,18). The van der Waals surface area contributed by atoms with Gasteiger partial charge < -0.3 is 11.1 Å². The van der Waals surface area contributed by atoms with Crippen LogP contribution in [0.3, 0.4) is 0 Å². The van der Waals surface area contributed by atoms with Gasteiger partial charge in [0.25, 0.3) is 0 Å². The van der Waals surface area contributed by atoms with Crippen LogP contribution in [0.15, 0.2) is 24.3 Å². The molecule has 0 saturated heterocycles. The van der Waals surface area contributed by atoms with Crippen LogP contribution >= 0.6 is 11.6 Å². The number of halogens is 1. The molecule has 0 fully saturated rings. The molecule has 1 aromatic carbocycles. The van der Waals surface area contributed by atoms with Crippen molar-refractivity contribution in [1.29, 1.82) is 0 Å². The van der Waals surface area contributed by atoms with Crippen LogP contribution in [0.4, 0.5) is 5.69 Å².